The van der Waals surface area contributed by atoms with E-state index in [0.29, 0.717) is 29.9 Å². The van der Waals surface area contributed by atoms with Gasteiger partial charge < -0.3 is 21.0 Å². The van der Waals surface area contributed by atoms with E-state index in [-0.39, 0.29) is 17.5 Å². The van der Waals surface area contributed by atoms with E-state index in [1.807, 2.05) is 11.9 Å². The number of carbonyl (C=O) groups is 2. The molecule has 7 nitrogen and oxygen atoms in total. The molecule has 2 heterocycles. The van der Waals surface area contributed by atoms with Crippen molar-refractivity contribution in [1.82, 2.24) is 9.80 Å². The number of fused-ring (bicyclic) bond motifs is 1. The van der Waals surface area contributed by atoms with E-state index in [4.69, 9.17) is 5.84 Å². The van der Waals surface area contributed by atoms with Crippen molar-refractivity contribution in [2.24, 2.45) is 10.9 Å². The lowest BCUT2D eigenvalue weighted by atomic mass is 10.1. The van der Waals surface area contributed by atoms with Gasteiger partial charge >= 0.3 is 0 Å². The number of hydrazone groups is 1. The molecule has 21 heavy (non-hydrogen) atoms. The van der Waals surface area contributed by atoms with Crippen molar-refractivity contribution in [2.75, 3.05) is 38.5 Å². The van der Waals surface area contributed by atoms with E-state index in [9.17, 15) is 9.59 Å². The van der Waals surface area contributed by atoms with Crippen molar-refractivity contribution in [3.8, 4) is 0 Å². The van der Waals surface area contributed by atoms with E-state index < -0.39 is 0 Å². The molecule has 1 aromatic rings. The van der Waals surface area contributed by atoms with Crippen LogP contribution in [0, 0.1) is 0 Å². The normalized spacial score (nSPS) is 20.5. The molecule has 110 valence electrons. The Hall–Kier alpha value is -2.41. The maximum atomic E-state index is 12.5. The van der Waals surface area contributed by atoms with Crippen LogP contribution in [0.1, 0.15) is 15.9 Å². The van der Waals surface area contributed by atoms with Crippen LogP contribution in [0.15, 0.2) is 23.3 Å². The summed E-state index contributed by atoms with van der Waals surface area (Å²) in [7, 11) is 2.04. The molecule has 2 aliphatic heterocycles. The third kappa shape index (κ3) is 2.36. The van der Waals surface area contributed by atoms with Crippen LogP contribution >= 0.6 is 0 Å². The summed E-state index contributed by atoms with van der Waals surface area (Å²) in [6.07, 6.45) is 0. The molecule has 0 atom stereocenters. The first kappa shape index (κ1) is 13.6. The lowest BCUT2D eigenvalue weighted by Gasteiger charge is -2.32. The highest BCUT2D eigenvalue weighted by Crippen LogP contribution is 2.25. The summed E-state index contributed by atoms with van der Waals surface area (Å²) in [6, 6.07) is 5.12. The summed E-state index contributed by atoms with van der Waals surface area (Å²) < 4.78 is 0. The molecule has 0 aliphatic carbocycles. The number of nitrogens with one attached hydrogen (secondary N) is 1. The van der Waals surface area contributed by atoms with Gasteiger partial charge in [-0.25, -0.2) is 0 Å². The molecule has 0 saturated carbocycles. The predicted molar refractivity (Wildman–Crippen MR) is 79.2 cm³/mol. The van der Waals surface area contributed by atoms with E-state index in [2.05, 4.69) is 15.3 Å². The molecule has 1 fully saturated rings. The SMILES string of the molecule is CN1CCN(C(=O)c2ccc3c(c2)/C(=N/N)C(=O)N3)CC1. The maximum absolute atomic E-state index is 12.5. The summed E-state index contributed by atoms with van der Waals surface area (Å²) in [5, 5.41) is 6.17. The van der Waals surface area contributed by atoms with E-state index in [1.165, 1.54) is 0 Å². The van der Waals surface area contributed by atoms with Gasteiger partial charge in [0.15, 0.2) is 5.71 Å². The zero-order chi connectivity index (χ0) is 15.0. The number of hydrogen-bond acceptors (Lipinski definition) is 5. The quantitative estimate of drug-likeness (QED) is 0.547. The predicted octanol–water partition coefficient (Wildman–Crippen LogP) is -0.311. The molecule has 0 spiro atoms. The molecule has 0 unspecified atom stereocenters. The molecule has 7 heteroatoms. The summed E-state index contributed by atoms with van der Waals surface area (Å²) >= 11 is 0. The lowest BCUT2D eigenvalue weighted by Crippen LogP contribution is -2.47. The van der Waals surface area contributed by atoms with Crippen molar-refractivity contribution in [3.63, 3.8) is 0 Å². The first-order valence-electron chi connectivity index (χ1n) is 6.81. The molecular weight excluding hydrogens is 270 g/mol. The van der Waals surface area contributed by atoms with Gasteiger partial charge in [-0.15, -0.1) is 0 Å². The minimum Gasteiger partial charge on any atom is -0.336 e. The number of carbonyl (C=O) groups excluding carboxylic acids is 2. The van der Waals surface area contributed by atoms with Crippen LogP contribution in [-0.4, -0.2) is 60.6 Å². The first-order valence-corrected chi connectivity index (χ1v) is 6.81. The van der Waals surface area contributed by atoms with Crippen molar-refractivity contribution < 1.29 is 9.59 Å². The molecule has 3 N–H and O–H groups in total. The van der Waals surface area contributed by atoms with Gasteiger partial charge in [-0.05, 0) is 25.2 Å². The Labute approximate surface area is 122 Å². The first-order chi connectivity index (χ1) is 10.1. The number of amides is 2. The van der Waals surface area contributed by atoms with Gasteiger partial charge in [-0.3, -0.25) is 9.59 Å². The van der Waals surface area contributed by atoms with E-state index >= 15 is 0 Å². The highest BCUT2D eigenvalue weighted by molar-refractivity contribution is 6.53. The topological polar surface area (TPSA) is 91.0 Å². The van der Waals surface area contributed by atoms with Crippen LogP contribution in [0.2, 0.25) is 0 Å². The van der Waals surface area contributed by atoms with Gasteiger partial charge in [-0.2, -0.15) is 5.10 Å². The molecule has 0 radical (unpaired) electrons. The third-order valence-corrected chi connectivity index (χ3v) is 3.90. The maximum Gasteiger partial charge on any atom is 0.276 e. The molecule has 1 aromatic carbocycles. The standard InChI is InChI=1S/C14H17N5O2/c1-18-4-6-19(7-5-18)14(21)9-2-3-11-10(8-9)12(17-15)13(20)16-11/h2-3,8H,4-7,15H2,1H3,(H,16,17,20). The fourth-order valence-electron chi connectivity index (χ4n) is 2.61. The summed E-state index contributed by atoms with van der Waals surface area (Å²) in [5.74, 6) is 4.89. The number of hydrogen-bond donors (Lipinski definition) is 2. The van der Waals surface area contributed by atoms with Crippen LogP contribution in [0.25, 0.3) is 0 Å². The Kier molecular flexibility index (Phi) is 3.34. The fourth-order valence-corrected chi connectivity index (χ4v) is 2.61. The van der Waals surface area contributed by atoms with Crippen molar-refractivity contribution in [1.29, 1.82) is 0 Å². The molecule has 2 amide bonds. The van der Waals surface area contributed by atoms with Crippen LogP contribution in [-0.2, 0) is 4.79 Å². The third-order valence-electron chi connectivity index (χ3n) is 3.90. The molecule has 0 aromatic heterocycles. The average Bonchev–Trinajstić information content (AvgIpc) is 2.81. The molecule has 2 aliphatic rings. The zero-order valence-electron chi connectivity index (χ0n) is 11.8. The molecule has 3 rings (SSSR count). The number of nitrogens with two attached hydrogens (primary N) is 1. The largest absolute Gasteiger partial charge is 0.336 e. The van der Waals surface area contributed by atoms with Gasteiger partial charge in [0.1, 0.15) is 0 Å². The van der Waals surface area contributed by atoms with Crippen LogP contribution < -0.4 is 11.2 Å². The zero-order valence-corrected chi connectivity index (χ0v) is 11.8. The van der Waals surface area contributed by atoms with Crippen molar-refractivity contribution >= 4 is 23.2 Å². The second kappa shape index (κ2) is 5.17. The lowest BCUT2D eigenvalue weighted by molar-refractivity contribution is -0.110. The van der Waals surface area contributed by atoms with Gasteiger partial charge in [0.25, 0.3) is 11.8 Å². The van der Waals surface area contributed by atoms with Crippen molar-refractivity contribution in [2.45, 2.75) is 0 Å². The Balaban J connectivity index is 1.86. The fraction of sp³-hybridized carbons (Fsp3) is 0.357. The number of rotatable bonds is 1. The van der Waals surface area contributed by atoms with Gasteiger partial charge in [0.2, 0.25) is 0 Å². The second-order valence-electron chi connectivity index (χ2n) is 5.29. The van der Waals surface area contributed by atoms with Gasteiger partial charge in [0.05, 0.1) is 5.69 Å². The smallest absolute Gasteiger partial charge is 0.276 e. The highest BCUT2D eigenvalue weighted by Gasteiger charge is 2.28. The number of likely N-dealkylation sites (N-methyl/N-ethyl adjacent to an activating group) is 1. The summed E-state index contributed by atoms with van der Waals surface area (Å²) in [4.78, 5) is 28.2. The Bertz CT molecular complexity index is 632. The average molecular weight is 287 g/mol. The number of piperazine rings is 1. The Morgan fingerprint density at radius 1 is 1.29 bits per heavy atom. The minimum absolute atomic E-state index is 0.0263. The van der Waals surface area contributed by atoms with Gasteiger partial charge in [-0.1, -0.05) is 0 Å². The van der Waals surface area contributed by atoms with Crippen LogP contribution in [0.3, 0.4) is 0 Å². The number of benzene rings is 1. The van der Waals surface area contributed by atoms with Gasteiger partial charge in [0, 0.05) is 37.3 Å². The second-order valence-corrected chi connectivity index (χ2v) is 5.29. The van der Waals surface area contributed by atoms with E-state index in [1.54, 1.807) is 18.2 Å². The molecule has 1 saturated heterocycles. The number of nitrogens with zero attached hydrogens (tertiary/aromatic N) is 3. The monoisotopic (exact) mass is 287 g/mol. The van der Waals surface area contributed by atoms with Crippen molar-refractivity contribution in [3.05, 3.63) is 29.3 Å². The molecular formula is C14H17N5O2. The van der Waals surface area contributed by atoms with Crippen LogP contribution in [0.5, 0.6) is 0 Å². The van der Waals surface area contributed by atoms with Crippen LogP contribution in [0.4, 0.5) is 5.69 Å². The number of anilines is 1. The molecule has 0 bridgehead atoms. The highest BCUT2D eigenvalue weighted by atomic mass is 16.2. The Morgan fingerprint density at radius 2 is 2.00 bits per heavy atom. The summed E-state index contributed by atoms with van der Waals surface area (Å²) in [6.45, 7) is 3.15. The summed E-state index contributed by atoms with van der Waals surface area (Å²) in [5.41, 5.74) is 1.94. The van der Waals surface area contributed by atoms with E-state index in [0.717, 1.165) is 13.1 Å². The minimum atomic E-state index is -0.336. The Morgan fingerprint density at radius 3 is 2.67 bits per heavy atom.